The molecule has 0 aliphatic heterocycles. The number of amides is 1. The third-order valence-electron chi connectivity index (χ3n) is 3.37. The molecule has 3 rings (SSSR count). The summed E-state index contributed by atoms with van der Waals surface area (Å²) >= 11 is 3.41. The van der Waals surface area contributed by atoms with Gasteiger partial charge in [-0.05, 0) is 54.1 Å². The quantitative estimate of drug-likeness (QED) is 0.640. The minimum atomic E-state index is -0.0511. The molecule has 0 saturated carbocycles. The largest absolute Gasteiger partial charge is 0.457 e. The van der Waals surface area contributed by atoms with E-state index in [4.69, 9.17) is 4.74 Å². The van der Waals surface area contributed by atoms with Gasteiger partial charge in [-0.2, -0.15) is 0 Å². The Bertz CT molecular complexity index is 817. The Morgan fingerprint density at radius 1 is 0.875 bits per heavy atom. The molecule has 24 heavy (non-hydrogen) atoms. The second kappa shape index (κ2) is 7.79. The molecular weight excluding hydrogens is 366 g/mol. The summed E-state index contributed by atoms with van der Waals surface area (Å²) in [7, 11) is 0. The Kier molecular flexibility index (Phi) is 5.29. The van der Waals surface area contributed by atoms with Crippen LogP contribution in [0.1, 0.15) is 5.56 Å². The molecule has 3 nitrogen and oxygen atoms in total. The number of anilines is 1. The Labute approximate surface area is 149 Å². The second-order valence-corrected chi connectivity index (χ2v) is 6.21. The number of nitrogens with one attached hydrogen (secondary N) is 1. The number of benzene rings is 3. The predicted octanol–water partition coefficient (Wildman–Crippen LogP) is 5.42. The molecule has 0 heterocycles. The van der Waals surface area contributed by atoms with Crippen LogP contribution in [0, 0.1) is 0 Å². The Balaban J connectivity index is 1.58. The van der Waals surface area contributed by atoms with Gasteiger partial charge in [-0.15, -0.1) is 0 Å². The maximum absolute atomic E-state index is 12.1. The number of ether oxygens (including phenoxy) is 1. The number of carbonyl (C=O) groups is 1. The van der Waals surface area contributed by atoms with Crippen molar-refractivity contribution in [3.63, 3.8) is 0 Å². The van der Waals surface area contributed by atoms with Gasteiger partial charge < -0.3 is 10.1 Å². The van der Waals surface area contributed by atoms with Crippen LogP contribution >= 0.6 is 15.9 Å². The summed E-state index contributed by atoms with van der Waals surface area (Å²) in [5, 5.41) is 2.89. The van der Waals surface area contributed by atoms with Crippen LogP contribution in [-0.2, 0) is 11.2 Å². The molecule has 0 unspecified atom stereocenters. The molecule has 0 aliphatic carbocycles. The molecule has 120 valence electrons. The van der Waals surface area contributed by atoms with Crippen molar-refractivity contribution in [1.29, 1.82) is 0 Å². The average molecular weight is 382 g/mol. The fraction of sp³-hybridized carbons (Fsp3) is 0.0500. The fourth-order valence-electron chi connectivity index (χ4n) is 2.27. The lowest BCUT2D eigenvalue weighted by molar-refractivity contribution is -0.115. The van der Waals surface area contributed by atoms with Crippen molar-refractivity contribution >= 4 is 27.5 Å². The van der Waals surface area contributed by atoms with E-state index in [0.717, 1.165) is 27.2 Å². The number of hydrogen-bond donors (Lipinski definition) is 1. The summed E-state index contributed by atoms with van der Waals surface area (Å²) in [4.78, 5) is 12.1. The summed E-state index contributed by atoms with van der Waals surface area (Å²) < 4.78 is 6.70. The number of carbonyl (C=O) groups excluding carboxylic acids is 1. The van der Waals surface area contributed by atoms with Gasteiger partial charge in [-0.25, -0.2) is 0 Å². The first kappa shape index (κ1) is 16.3. The fourth-order valence-corrected chi connectivity index (χ4v) is 2.72. The zero-order valence-corrected chi connectivity index (χ0v) is 14.5. The molecule has 3 aromatic carbocycles. The zero-order chi connectivity index (χ0) is 16.8. The maximum atomic E-state index is 12.1. The highest BCUT2D eigenvalue weighted by molar-refractivity contribution is 9.10. The van der Waals surface area contributed by atoms with Crippen LogP contribution in [0.25, 0.3) is 0 Å². The smallest absolute Gasteiger partial charge is 0.228 e. The molecule has 0 atom stereocenters. The van der Waals surface area contributed by atoms with Gasteiger partial charge in [0.05, 0.1) is 6.42 Å². The van der Waals surface area contributed by atoms with Gasteiger partial charge in [0.2, 0.25) is 5.91 Å². The van der Waals surface area contributed by atoms with E-state index in [-0.39, 0.29) is 5.91 Å². The minimum Gasteiger partial charge on any atom is -0.457 e. The van der Waals surface area contributed by atoms with Crippen LogP contribution in [0.3, 0.4) is 0 Å². The molecule has 4 heteroatoms. The minimum absolute atomic E-state index is 0.0511. The average Bonchev–Trinajstić information content (AvgIpc) is 2.57. The van der Waals surface area contributed by atoms with E-state index in [2.05, 4.69) is 21.2 Å². The van der Waals surface area contributed by atoms with Crippen LogP contribution in [0.4, 0.5) is 5.69 Å². The third-order valence-corrected chi connectivity index (χ3v) is 3.86. The number of rotatable bonds is 5. The predicted molar refractivity (Wildman–Crippen MR) is 99.4 cm³/mol. The molecule has 1 N–H and O–H groups in total. The van der Waals surface area contributed by atoms with E-state index in [1.807, 2.05) is 78.9 Å². The topological polar surface area (TPSA) is 38.3 Å². The van der Waals surface area contributed by atoms with Gasteiger partial charge in [0.15, 0.2) is 0 Å². The summed E-state index contributed by atoms with van der Waals surface area (Å²) in [5.74, 6) is 1.46. The van der Waals surface area contributed by atoms with Crippen molar-refractivity contribution in [2.45, 2.75) is 6.42 Å². The van der Waals surface area contributed by atoms with Gasteiger partial charge >= 0.3 is 0 Å². The maximum Gasteiger partial charge on any atom is 0.228 e. The van der Waals surface area contributed by atoms with E-state index < -0.39 is 0 Å². The van der Waals surface area contributed by atoms with Crippen LogP contribution in [0.2, 0.25) is 0 Å². The van der Waals surface area contributed by atoms with Gasteiger partial charge in [0.25, 0.3) is 0 Å². The lowest BCUT2D eigenvalue weighted by Gasteiger charge is -2.08. The van der Waals surface area contributed by atoms with Crippen molar-refractivity contribution in [1.82, 2.24) is 0 Å². The van der Waals surface area contributed by atoms with Crippen molar-refractivity contribution in [3.8, 4) is 11.5 Å². The van der Waals surface area contributed by atoms with Gasteiger partial charge in [0.1, 0.15) is 11.5 Å². The monoisotopic (exact) mass is 381 g/mol. The standard InChI is InChI=1S/C20H16BrNO2/c21-16-6-4-5-15(13-16)14-20(23)22-17-9-11-19(12-10-17)24-18-7-2-1-3-8-18/h1-13H,14H2,(H,22,23). The molecule has 0 aliphatic rings. The first-order chi connectivity index (χ1) is 11.7. The molecule has 0 bridgehead atoms. The number of hydrogen-bond acceptors (Lipinski definition) is 2. The van der Waals surface area contributed by atoms with Crippen molar-refractivity contribution in [2.24, 2.45) is 0 Å². The normalized spacial score (nSPS) is 10.2. The lowest BCUT2D eigenvalue weighted by atomic mass is 10.1. The molecule has 0 saturated heterocycles. The van der Waals surface area contributed by atoms with E-state index >= 15 is 0 Å². The Hall–Kier alpha value is -2.59. The summed E-state index contributed by atoms with van der Waals surface area (Å²) in [6.07, 6.45) is 0.335. The zero-order valence-electron chi connectivity index (χ0n) is 12.9. The Morgan fingerprint density at radius 2 is 1.58 bits per heavy atom. The van der Waals surface area contributed by atoms with Gasteiger partial charge in [-0.1, -0.05) is 46.3 Å². The summed E-state index contributed by atoms with van der Waals surface area (Å²) in [6, 6.07) is 24.6. The van der Waals surface area contributed by atoms with Crippen molar-refractivity contribution in [2.75, 3.05) is 5.32 Å². The van der Waals surface area contributed by atoms with Crippen LogP contribution in [-0.4, -0.2) is 5.91 Å². The van der Waals surface area contributed by atoms with Crippen molar-refractivity contribution < 1.29 is 9.53 Å². The highest BCUT2D eigenvalue weighted by atomic mass is 79.9. The number of para-hydroxylation sites is 1. The van der Waals surface area contributed by atoms with Crippen LogP contribution in [0.15, 0.2) is 83.3 Å². The molecule has 3 aromatic rings. The van der Waals surface area contributed by atoms with E-state index in [1.165, 1.54) is 0 Å². The first-order valence-electron chi connectivity index (χ1n) is 7.56. The highest BCUT2D eigenvalue weighted by Crippen LogP contribution is 2.22. The molecule has 1 amide bonds. The molecule has 0 aromatic heterocycles. The highest BCUT2D eigenvalue weighted by Gasteiger charge is 2.05. The van der Waals surface area contributed by atoms with Gasteiger partial charge in [0, 0.05) is 10.2 Å². The summed E-state index contributed by atoms with van der Waals surface area (Å²) in [5.41, 5.74) is 1.71. The van der Waals surface area contributed by atoms with Crippen molar-refractivity contribution in [3.05, 3.63) is 88.9 Å². The lowest BCUT2D eigenvalue weighted by Crippen LogP contribution is -2.14. The molecule has 0 radical (unpaired) electrons. The van der Waals surface area contributed by atoms with E-state index in [1.54, 1.807) is 0 Å². The molecule has 0 fully saturated rings. The van der Waals surface area contributed by atoms with E-state index in [9.17, 15) is 4.79 Å². The second-order valence-electron chi connectivity index (χ2n) is 5.29. The van der Waals surface area contributed by atoms with Crippen LogP contribution in [0.5, 0.6) is 11.5 Å². The number of halogens is 1. The van der Waals surface area contributed by atoms with Gasteiger partial charge in [-0.3, -0.25) is 4.79 Å². The van der Waals surface area contributed by atoms with E-state index in [0.29, 0.717) is 6.42 Å². The SMILES string of the molecule is O=C(Cc1cccc(Br)c1)Nc1ccc(Oc2ccccc2)cc1. The first-order valence-corrected chi connectivity index (χ1v) is 8.35. The Morgan fingerprint density at radius 3 is 2.29 bits per heavy atom. The molecular formula is C20H16BrNO2. The third kappa shape index (κ3) is 4.70. The summed E-state index contributed by atoms with van der Waals surface area (Å²) in [6.45, 7) is 0. The molecule has 0 spiro atoms. The van der Waals surface area contributed by atoms with Crippen LogP contribution < -0.4 is 10.1 Å².